The van der Waals surface area contributed by atoms with Gasteiger partial charge in [-0.3, -0.25) is 4.79 Å². The maximum Gasteiger partial charge on any atom is 0.337 e. The van der Waals surface area contributed by atoms with E-state index in [0.717, 1.165) is 5.52 Å². The van der Waals surface area contributed by atoms with Crippen LogP contribution in [0.3, 0.4) is 0 Å². The Balaban J connectivity index is 2.51. The van der Waals surface area contributed by atoms with Gasteiger partial charge < -0.3 is 14.6 Å². The molecule has 94 valence electrons. The van der Waals surface area contributed by atoms with Gasteiger partial charge in [0.25, 0.3) is 0 Å². The van der Waals surface area contributed by atoms with Crippen molar-refractivity contribution in [2.24, 2.45) is 0 Å². The third kappa shape index (κ3) is 2.07. The number of aromatic nitrogens is 1. The highest BCUT2D eigenvalue weighted by Crippen LogP contribution is 2.21. The SMILES string of the molecule is CN(C)C(=O)Cn1cc(C(=O)O)c2ccccc21. The van der Waals surface area contributed by atoms with Crippen LogP contribution in [0, 0.1) is 0 Å². The largest absolute Gasteiger partial charge is 0.478 e. The molecular weight excluding hydrogens is 232 g/mol. The van der Waals surface area contributed by atoms with Crippen molar-refractivity contribution in [1.82, 2.24) is 9.47 Å². The number of aromatic carboxylic acids is 1. The third-order valence-electron chi connectivity index (χ3n) is 2.82. The van der Waals surface area contributed by atoms with E-state index in [1.54, 1.807) is 30.8 Å². The quantitative estimate of drug-likeness (QED) is 0.891. The molecule has 0 atom stereocenters. The lowest BCUT2D eigenvalue weighted by Crippen LogP contribution is -2.25. The predicted octanol–water partition coefficient (Wildman–Crippen LogP) is 1.43. The van der Waals surface area contributed by atoms with Crippen LogP contribution in [0.25, 0.3) is 10.9 Å². The van der Waals surface area contributed by atoms with Crippen LogP contribution < -0.4 is 0 Å². The van der Waals surface area contributed by atoms with Gasteiger partial charge in [0.1, 0.15) is 6.54 Å². The van der Waals surface area contributed by atoms with Crippen molar-refractivity contribution in [2.45, 2.75) is 6.54 Å². The number of carbonyl (C=O) groups is 2. The first-order valence-electron chi connectivity index (χ1n) is 5.52. The molecule has 0 aliphatic carbocycles. The van der Waals surface area contributed by atoms with Crippen molar-refractivity contribution < 1.29 is 14.7 Å². The minimum absolute atomic E-state index is 0.0762. The topological polar surface area (TPSA) is 62.5 Å². The molecule has 1 N–H and O–H groups in total. The summed E-state index contributed by atoms with van der Waals surface area (Å²) >= 11 is 0. The maximum absolute atomic E-state index is 11.7. The van der Waals surface area contributed by atoms with Crippen LogP contribution in [0.5, 0.6) is 0 Å². The number of amides is 1. The second-order valence-corrected chi connectivity index (χ2v) is 4.28. The smallest absolute Gasteiger partial charge is 0.337 e. The van der Waals surface area contributed by atoms with Gasteiger partial charge in [-0.05, 0) is 6.07 Å². The molecule has 0 radical (unpaired) electrons. The zero-order valence-electron chi connectivity index (χ0n) is 10.3. The van der Waals surface area contributed by atoms with E-state index in [9.17, 15) is 9.59 Å². The monoisotopic (exact) mass is 246 g/mol. The summed E-state index contributed by atoms with van der Waals surface area (Å²) in [6.07, 6.45) is 1.51. The summed E-state index contributed by atoms with van der Waals surface area (Å²) in [5, 5.41) is 9.78. The summed E-state index contributed by atoms with van der Waals surface area (Å²) in [6, 6.07) is 7.16. The van der Waals surface area contributed by atoms with Crippen LogP contribution in [-0.4, -0.2) is 40.5 Å². The summed E-state index contributed by atoms with van der Waals surface area (Å²) in [5.41, 5.74) is 0.974. The standard InChI is InChI=1S/C13H14N2O3/c1-14(2)12(16)8-15-7-10(13(17)18)9-5-3-4-6-11(9)15/h3-7H,8H2,1-2H3,(H,17,18). The third-order valence-corrected chi connectivity index (χ3v) is 2.82. The number of carboxylic acids is 1. The molecule has 1 aromatic carbocycles. The number of hydrogen-bond donors (Lipinski definition) is 1. The summed E-state index contributed by atoms with van der Waals surface area (Å²) < 4.78 is 1.67. The Kier molecular flexibility index (Phi) is 3.06. The van der Waals surface area contributed by atoms with Gasteiger partial charge in [-0.15, -0.1) is 0 Å². The Hall–Kier alpha value is -2.30. The zero-order chi connectivity index (χ0) is 13.3. The van der Waals surface area contributed by atoms with Gasteiger partial charge in [-0.2, -0.15) is 0 Å². The second-order valence-electron chi connectivity index (χ2n) is 4.28. The Labute approximate surface area is 104 Å². The molecule has 2 aromatic rings. The molecule has 0 aliphatic heterocycles. The molecule has 2 rings (SSSR count). The van der Waals surface area contributed by atoms with E-state index >= 15 is 0 Å². The maximum atomic E-state index is 11.7. The number of fused-ring (bicyclic) bond motifs is 1. The van der Waals surface area contributed by atoms with Crippen LogP contribution in [0.4, 0.5) is 0 Å². The van der Waals surface area contributed by atoms with E-state index in [1.807, 2.05) is 12.1 Å². The zero-order valence-corrected chi connectivity index (χ0v) is 10.3. The molecule has 0 spiro atoms. The molecule has 5 nitrogen and oxygen atoms in total. The Bertz CT molecular complexity index is 614. The molecule has 0 bridgehead atoms. The van der Waals surface area contributed by atoms with E-state index in [0.29, 0.717) is 5.39 Å². The van der Waals surface area contributed by atoms with Gasteiger partial charge >= 0.3 is 5.97 Å². The number of benzene rings is 1. The van der Waals surface area contributed by atoms with Crippen molar-refractivity contribution in [1.29, 1.82) is 0 Å². The lowest BCUT2D eigenvalue weighted by molar-refractivity contribution is -0.129. The average molecular weight is 246 g/mol. The molecule has 0 unspecified atom stereocenters. The second kappa shape index (κ2) is 4.52. The molecule has 18 heavy (non-hydrogen) atoms. The predicted molar refractivity (Wildman–Crippen MR) is 67.6 cm³/mol. The van der Waals surface area contributed by atoms with Crippen LogP contribution in [0.15, 0.2) is 30.5 Å². The summed E-state index contributed by atoms with van der Waals surface area (Å²) in [6.45, 7) is 0.140. The lowest BCUT2D eigenvalue weighted by Gasteiger charge is -2.11. The highest BCUT2D eigenvalue weighted by Gasteiger charge is 2.15. The first kappa shape index (κ1) is 12.2. The van der Waals surface area contributed by atoms with Crippen LogP contribution >= 0.6 is 0 Å². The summed E-state index contributed by atoms with van der Waals surface area (Å²) in [7, 11) is 3.35. The molecule has 0 aliphatic rings. The minimum atomic E-state index is -0.984. The number of rotatable bonds is 3. The molecule has 0 fully saturated rings. The van der Waals surface area contributed by atoms with Crippen molar-refractivity contribution in [2.75, 3.05) is 14.1 Å². The van der Waals surface area contributed by atoms with E-state index in [-0.39, 0.29) is 18.0 Å². The molecule has 1 aromatic heterocycles. The molecule has 1 heterocycles. The van der Waals surface area contributed by atoms with Crippen molar-refractivity contribution in [3.63, 3.8) is 0 Å². The summed E-state index contributed by atoms with van der Waals surface area (Å²) in [4.78, 5) is 24.3. The van der Waals surface area contributed by atoms with E-state index in [4.69, 9.17) is 5.11 Å². The van der Waals surface area contributed by atoms with Crippen LogP contribution in [0.2, 0.25) is 0 Å². The van der Waals surface area contributed by atoms with Gasteiger partial charge in [0.05, 0.1) is 5.56 Å². The Morgan fingerprint density at radius 3 is 2.56 bits per heavy atom. The fourth-order valence-electron chi connectivity index (χ4n) is 1.84. The molecule has 5 heteroatoms. The first-order chi connectivity index (χ1) is 8.50. The van der Waals surface area contributed by atoms with Gasteiger partial charge in [0.15, 0.2) is 0 Å². The Morgan fingerprint density at radius 2 is 1.94 bits per heavy atom. The van der Waals surface area contributed by atoms with Gasteiger partial charge in [0.2, 0.25) is 5.91 Å². The fraction of sp³-hybridized carbons (Fsp3) is 0.231. The highest BCUT2D eigenvalue weighted by atomic mass is 16.4. The molecule has 0 saturated carbocycles. The average Bonchev–Trinajstić information content (AvgIpc) is 2.68. The number of nitrogens with zero attached hydrogens (tertiary/aromatic N) is 2. The van der Waals surface area contributed by atoms with E-state index < -0.39 is 5.97 Å². The van der Waals surface area contributed by atoms with Crippen molar-refractivity contribution >= 4 is 22.8 Å². The number of para-hydroxylation sites is 1. The fourth-order valence-corrected chi connectivity index (χ4v) is 1.84. The summed E-state index contributed by atoms with van der Waals surface area (Å²) in [5.74, 6) is -1.06. The lowest BCUT2D eigenvalue weighted by atomic mass is 10.2. The minimum Gasteiger partial charge on any atom is -0.478 e. The van der Waals surface area contributed by atoms with Crippen molar-refractivity contribution in [3.8, 4) is 0 Å². The number of carbonyl (C=O) groups excluding carboxylic acids is 1. The number of hydrogen-bond acceptors (Lipinski definition) is 2. The van der Waals surface area contributed by atoms with E-state index in [2.05, 4.69) is 0 Å². The first-order valence-corrected chi connectivity index (χ1v) is 5.52. The van der Waals surface area contributed by atoms with E-state index in [1.165, 1.54) is 11.1 Å². The molecule has 0 saturated heterocycles. The number of carboxylic acid groups (broad SMARTS) is 1. The number of likely N-dealkylation sites (N-methyl/N-ethyl adjacent to an activating group) is 1. The molecular formula is C13H14N2O3. The Morgan fingerprint density at radius 1 is 1.28 bits per heavy atom. The van der Waals surface area contributed by atoms with Crippen LogP contribution in [-0.2, 0) is 11.3 Å². The highest BCUT2D eigenvalue weighted by molar-refractivity contribution is 6.03. The van der Waals surface area contributed by atoms with Gasteiger partial charge in [-0.25, -0.2) is 4.79 Å². The van der Waals surface area contributed by atoms with Crippen molar-refractivity contribution in [3.05, 3.63) is 36.0 Å². The van der Waals surface area contributed by atoms with Gasteiger partial charge in [-0.1, -0.05) is 18.2 Å². The normalized spacial score (nSPS) is 10.6. The molecule has 1 amide bonds. The van der Waals surface area contributed by atoms with Crippen LogP contribution in [0.1, 0.15) is 10.4 Å². The van der Waals surface area contributed by atoms with Gasteiger partial charge in [0, 0.05) is 31.2 Å².